The van der Waals surface area contributed by atoms with Crippen LogP contribution in [0.3, 0.4) is 0 Å². The number of nitrogens with zero attached hydrogens (tertiary/aromatic N) is 1. The third-order valence-electron chi connectivity index (χ3n) is 5.98. The third kappa shape index (κ3) is 4.05. The maximum absolute atomic E-state index is 13.2. The SMILES string of the molecule is CCN(CC)CCOc1ccc2oc3c(c(=O)c2c1)CC/C3=C\c1ccccc1C. The van der Waals surface area contributed by atoms with Gasteiger partial charge in [-0.3, -0.25) is 4.79 Å². The first kappa shape index (κ1) is 20.4. The average molecular weight is 404 g/mol. The van der Waals surface area contributed by atoms with E-state index < -0.39 is 0 Å². The monoisotopic (exact) mass is 403 g/mol. The molecule has 0 radical (unpaired) electrons. The van der Waals surface area contributed by atoms with E-state index in [0.717, 1.165) is 55.1 Å². The van der Waals surface area contributed by atoms with Crippen molar-refractivity contribution in [3.05, 3.63) is 75.1 Å². The fourth-order valence-electron chi connectivity index (χ4n) is 4.07. The second-order valence-corrected chi connectivity index (χ2v) is 7.80. The minimum Gasteiger partial charge on any atom is -0.492 e. The van der Waals surface area contributed by atoms with Crippen LogP contribution in [-0.4, -0.2) is 31.1 Å². The number of fused-ring (bicyclic) bond motifs is 2. The molecule has 2 aromatic carbocycles. The van der Waals surface area contributed by atoms with E-state index in [4.69, 9.17) is 9.15 Å². The Bertz CT molecular complexity index is 1140. The molecule has 3 aromatic rings. The van der Waals surface area contributed by atoms with Crippen LogP contribution in [0, 0.1) is 6.92 Å². The minimum atomic E-state index is 0.0635. The fourth-order valence-corrected chi connectivity index (χ4v) is 4.07. The molecule has 0 aliphatic heterocycles. The molecule has 0 fully saturated rings. The van der Waals surface area contributed by atoms with E-state index >= 15 is 0 Å². The van der Waals surface area contributed by atoms with Gasteiger partial charge in [-0.1, -0.05) is 38.1 Å². The van der Waals surface area contributed by atoms with Crippen LogP contribution in [0.15, 0.2) is 51.7 Å². The summed E-state index contributed by atoms with van der Waals surface area (Å²) < 4.78 is 12.1. The van der Waals surface area contributed by atoms with Crippen LogP contribution < -0.4 is 10.2 Å². The van der Waals surface area contributed by atoms with Gasteiger partial charge in [0, 0.05) is 12.1 Å². The van der Waals surface area contributed by atoms with Crippen molar-refractivity contribution in [2.75, 3.05) is 26.2 Å². The van der Waals surface area contributed by atoms with E-state index in [0.29, 0.717) is 17.6 Å². The molecule has 0 bridgehead atoms. The summed E-state index contributed by atoms with van der Waals surface area (Å²) in [5.41, 5.74) is 4.94. The van der Waals surface area contributed by atoms with Gasteiger partial charge in [-0.2, -0.15) is 0 Å². The number of benzene rings is 2. The van der Waals surface area contributed by atoms with Crippen molar-refractivity contribution in [3.8, 4) is 5.75 Å². The highest BCUT2D eigenvalue weighted by atomic mass is 16.5. The molecule has 0 atom stereocenters. The molecule has 4 rings (SSSR count). The average Bonchev–Trinajstić information content (AvgIpc) is 3.16. The van der Waals surface area contributed by atoms with Gasteiger partial charge in [-0.25, -0.2) is 0 Å². The second kappa shape index (κ2) is 8.88. The molecule has 156 valence electrons. The lowest BCUT2D eigenvalue weighted by atomic mass is 10.0. The zero-order valence-electron chi connectivity index (χ0n) is 18.0. The molecule has 30 heavy (non-hydrogen) atoms. The quantitative estimate of drug-likeness (QED) is 0.536. The number of hydrogen-bond donors (Lipinski definition) is 0. The highest BCUT2D eigenvalue weighted by molar-refractivity contribution is 5.87. The summed E-state index contributed by atoms with van der Waals surface area (Å²) in [5.74, 6) is 1.46. The van der Waals surface area contributed by atoms with E-state index in [-0.39, 0.29) is 5.43 Å². The van der Waals surface area contributed by atoms with Gasteiger partial charge < -0.3 is 14.1 Å². The lowest BCUT2D eigenvalue weighted by Crippen LogP contribution is -2.27. The maximum Gasteiger partial charge on any atom is 0.196 e. The predicted octanol–water partition coefficient (Wildman–Crippen LogP) is 5.31. The smallest absolute Gasteiger partial charge is 0.196 e. The molecule has 4 nitrogen and oxygen atoms in total. The van der Waals surface area contributed by atoms with Gasteiger partial charge in [0.2, 0.25) is 0 Å². The Morgan fingerprint density at radius 1 is 1.10 bits per heavy atom. The number of rotatable bonds is 7. The largest absolute Gasteiger partial charge is 0.492 e. The van der Waals surface area contributed by atoms with Gasteiger partial charge in [-0.05, 0) is 73.8 Å². The molecule has 1 aliphatic carbocycles. The third-order valence-corrected chi connectivity index (χ3v) is 5.98. The highest BCUT2D eigenvalue weighted by Crippen LogP contribution is 2.35. The van der Waals surface area contributed by atoms with Crippen molar-refractivity contribution in [2.45, 2.75) is 33.6 Å². The Labute approximate surface area is 177 Å². The minimum absolute atomic E-state index is 0.0635. The molecule has 0 spiro atoms. The number of hydrogen-bond acceptors (Lipinski definition) is 4. The molecular formula is C26H29NO3. The number of aryl methyl sites for hydroxylation is 1. The van der Waals surface area contributed by atoms with Crippen LogP contribution in [0.2, 0.25) is 0 Å². The summed E-state index contributed by atoms with van der Waals surface area (Å²) in [5, 5.41) is 0.603. The fraction of sp³-hybridized carbons (Fsp3) is 0.346. The first-order chi connectivity index (χ1) is 14.6. The van der Waals surface area contributed by atoms with Crippen molar-refractivity contribution < 1.29 is 9.15 Å². The van der Waals surface area contributed by atoms with E-state index in [1.807, 2.05) is 30.3 Å². The molecule has 0 saturated heterocycles. The van der Waals surface area contributed by atoms with Gasteiger partial charge in [-0.15, -0.1) is 0 Å². The van der Waals surface area contributed by atoms with Gasteiger partial charge in [0.25, 0.3) is 0 Å². The molecule has 0 N–H and O–H groups in total. The Balaban J connectivity index is 1.63. The number of likely N-dealkylation sites (N-methyl/N-ethyl adjacent to an activating group) is 1. The zero-order chi connectivity index (χ0) is 21.1. The van der Waals surface area contributed by atoms with Crippen molar-refractivity contribution in [3.63, 3.8) is 0 Å². The molecule has 1 aliphatic rings. The van der Waals surface area contributed by atoms with Crippen LogP contribution in [0.25, 0.3) is 22.6 Å². The van der Waals surface area contributed by atoms with Crippen LogP contribution in [0.5, 0.6) is 5.75 Å². The van der Waals surface area contributed by atoms with E-state index in [1.165, 1.54) is 11.1 Å². The van der Waals surface area contributed by atoms with Crippen molar-refractivity contribution in [1.29, 1.82) is 0 Å². The molecule has 4 heteroatoms. The summed E-state index contributed by atoms with van der Waals surface area (Å²) in [4.78, 5) is 15.5. The van der Waals surface area contributed by atoms with E-state index in [1.54, 1.807) is 0 Å². The lowest BCUT2D eigenvalue weighted by Gasteiger charge is -2.18. The van der Waals surface area contributed by atoms with Crippen LogP contribution >= 0.6 is 0 Å². The van der Waals surface area contributed by atoms with E-state index in [2.05, 4.69) is 43.9 Å². The number of ether oxygens (including phenoxy) is 1. The van der Waals surface area contributed by atoms with Crippen LogP contribution in [0.1, 0.15) is 42.7 Å². The molecule has 1 aromatic heterocycles. The molecule has 0 saturated carbocycles. The first-order valence-corrected chi connectivity index (χ1v) is 10.8. The Morgan fingerprint density at radius 2 is 1.90 bits per heavy atom. The first-order valence-electron chi connectivity index (χ1n) is 10.8. The highest BCUT2D eigenvalue weighted by Gasteiger charge is 2.24. The van der Waals surface area contributed by atoms with Crippen molar-refractivity contribution in [2.24, 2.45) is 0 Å². The molecular weight excluding hydrogens is 374 g/mol. The van der Waals surface area contributed by atoms with Gasteiger partial charge in [0.05, 0.1) is 5.39 Å². The van der Waals surface area contributed by atoms with Gasteiger partial charge in [0.15, 0.2) is 5.43 Å². The van der Waals surface area contributed by atoms with Gasteiger partial charge >= 0.3 is 0 Å². The van der Waals surface area contributed by atoms with Gasteiger partial charge in [0.1, 0.15) is 23.7 Å². The summed E-state index contributed by atoms with van der Waals surface area (Å²) in [6, 6.07) is 13.8. The standard InChI is InChI=1S/C26H29NO3/c1-4-27(5-2)14-15-29-21-11-13-24-23(17-21)25(28)22-12-10-20(26(22)30-24)16-19-9-7-6-8-18(19)3/h6-9,11,13,16-17H,4-5,10,12,14-15H2,1-3H3/b20-16+. The predicted molar refractivity (Wildman–Crippen MR) is 123 cm³/mol. The van der Waals surface area contributed by atoms with Crippen LogP contribution in [-0.2, 0) is 6.42 Å². The Kier molecular flexibility index (Phi) is 6.05. The summed E-state index contributed by atoms with van der Waals surface area (Å²) in [7, 11) is 0. The van der Waals surface area contributed by atoms with Crippen LogP contribution in [0.4, 0.5) is 0 Å². The molecule has 1 heterocycles. The summed E-state index contributed by atoms with van der Waals surface area (Å²) in [6.45, 7) is 9.88. The Hall–Kier alpha value is -2.85. The molecule has 0 unspecified atom stereocenters. The number of allylic oxidation sites excluding steroid dienone is 1. The maximum atomic E-state index is 13.2. The normalized spacial score (nSPS) is 14.6. The lowest BCUT2D eigenvalue weighted by molar-refractivity contribution is 0.223. The summed E-state index contributed by atoms with van der Waals surface area (Å²) in [6.07, 6.45) is 3.70. The Morgan fingerprint density at radius 3 is 2.67 bits per heavy atom. The molecule has 0 amide bonds. The topological polar surface area (TPSA) is 42.7 Å². The van der Waals surface area contributed by atoms with Crippen molar-refractivity contribution >= 4 is 22.6 Å². The van der Waals surface area contributed by atoms with E-state index in [9.17, 15) is 4.79 Å². The van der Waals surface area contributed by atoms with Crippen molar-refractivity contribution in [1.82, 2.24) is 4.90 Å². The summed E-state index contributed by atoms with van der Waals surface area (Å²) >= 11 is 0. The zero-order valence-corrected chi connectivity index (χ0v) is 18.0. The second-order valence-electron chi connectivity index (χ2n) is 7.80.